The number of rotatable bonds is 5. The Morgan fingerprint density at radius 2 is 1.00 bits per heavy atom. The van der Waals surface area contributed by atoms with Gasteiger partial charge in [-0.1, -0.05) is 120 Å². The van der Waals surface area contributed by atoms with E-state index in [2.05, 4.69) is 31.2 Å². The Balaban J connectivity index is 0.000000855. The van der Waals surface area contributed by atoms with E-state index >= 15 is 0 Å². The fourth-order valence-electron chi connectivity index (χ4n) is 3.03. The predicted octanol–water partition coefficient (Wildman–Crippen LogP) is 6.48. The summed E-state index contributed by atoms with van der Waals surface area (Å²) in [4.78, 5) is 5.67. The van der Waals surface area contributed by atoms with Crippen LogP contribution in [0.1, 0.15) is 56.9 Å². The number of benzene rings is 3. The molecule has 0 saturated heterocycles. The van der Waals surface area contributed by atoms with Gasteiger partial charge in [0.2, 0.25) is 0 Å². The van der Waals surface area contributed by atoms with Gasteiger partial charge in [0.1, 0.15) is 0 Å². The van der Waals surface area contributed by atoms with Crippen molar-refractivity contribution in [3.63, 3.8) is 0 Å². The Hall–Kier alpha value is -2.42. The molecule has 27 heavy (non-hydrogen) atoms. The van der Waals surface area contributed by atoms with E-state index in [1.54, 1.807) is 0 Å². The van der Waals surface area contributed by atoms with Crippen molar-refractivity contribution in [1.82, 2.24) is 0 Å². The molecule has 2 N–H and O–H groups in total. The highest BCUT2D eigenvalue weighted by Crippen LogP contribution is 2.39. The molecule has 0 heterocycles. The number of aryl methyl sites for hydroxylation is 1. The summed E-state index contributed by atoms with van der Waals surface area (Å²) in [6.45, 7) is 10.1. The molecule has 0 aliphatic heterocycles. The molecule has 0 fully saturated rings. The van der Waals surface area contributed by atoms with Gasteiger partial charge in [-0.3, -0.25) is 4.84 Å². The number of hydrogen-bond acceptors (Lipinski definition) is 2. The first-order valence-electron chi connectivity index (χ1n) is 9.89. The molecule has 0 aliphatic carbocycles. The second kappa shape index (κ2) is 12.1. The highest BCUT2D eigenvalue weighted by molar-refractivity contribution is 5.47. The van der Waals surface area contributed by atoms with E-state index in [0.717, 1.165) is 23.1 Å². The Labute approximate surface area is 165 Å². The third-order valence-corrected chi connectivity index (χ3v) is 4.31. The van der Waals surface area contributed by atoms with E-state index in [4.69, 9.17) is 10.7 Å². The summed E-state index contributed by atoms with van der Waals surface area (Å²) in [7, 11) is 0. The van der Waals surface area contributed by atoms with Crippen LogP contribution in [0, 0.1) is 0 Å². The van der Waals surface area contributed by atoms with Gasteiger partial charge in [0.15, 0.2) is 5.60 Å². The van der Waals surface area contributed by atoms with Gasteiger partial charge in [0, 0.05) is 0 Å². The first-order valence-corrected chi connectivity index (χ1v) is 9.89. The second-order valence-electron chi connectivity index (χ2n) is 5.58. The van der Waals surface area contributed by atoms with Gasteiger partial charge in [-0.2, -0.15) is 0 Å². The van der Waals surface area contributed by atoms with Gasteiger partial charge in [0.05, 0.1) is 0 Å². The molecule has 0 saturated carbocycles. The molecule has 3 aromatic carbocycles. The molecule has 2 nitrogen and oxygen atoms in total. The van der Waals surface area contributed by atoms with Gasteiger partial charge >= 0.3 is 0 Å². The zero-order valence-corrected chi connectivity index (χ0v) is 17.3. The monoisotopic (exact) mass is 363 g/mol. The molecule has 0 atom stereocenters. The standard InChI is InChI=1S/C21H21NO.2C2H6/c1-2-17-13-15-20(16-14-17)21(23-22,18-9-5-3-6-10-18)19-11-7-4-8-12-19;2*1-2/h3-16H,2,22H2,1H3;2*1-2H3. The van der Waals surface area contributed by atoms with Gasteiger partial charge in [-0.25, -0.2) is 5.90 Å². The third-order valence-electron chi connectivity index (χ3n) is 4.31. The van der Waals surface area contributed by atoms with Crippen LogP contribution in [-0.4, -0.2) is 0 Å². The normalized spacial score (nSPS) is 10.1. The van der Waals surface area contributed by atoms with Crippen LogP contribution in [0.3, 0.4) is 0 Å². The van der Waals surface area contributed by atoms with Crippen molar-refractivity contribution in [2.24, 2.45) is 5.90 Å². The second-order valence-corrected chi connectivity index (χ2v) is 5.58. The van der Waals surface area contributed by atoms with E-state index in [1.807, 2.05) is 88.4 Å². The van der Waals surface area contributed by atoms with E-state index in [9.17, 15) is 0 Å². The van der Waals surface area contributed by atoms with Crippen molar-refractivity contribution in [2.75, 3.05) is 0 Å². The van der Waals surface area contributed by atoms with E-state index < -0.39 is 5.60 Å². The Morgan fingerprint density at radius 1 is 0.630 bits per heavy atom. The van der Waals surface area contributed by atoms with Gasteiger partial charge in [-0.05, 0) is 28.7 Å². The minimum Gasteiger partial charge on any atom is -0.283 e. The molecule has 2 heteroatoms. The lowest BCUT2D eigenvalue weighted by molar-refractivity contribution is 0.0117. The van der Waals surface area contributed by atoms with E-state index in [1.165, 1.54) is 5.56 Å². The lowest BCUT2D eigenvalue weighted by Crippen LogP contribution is -2.35. The summed E-state index contributed by atoms with van der Waals surface area (Å²) in [6, 6.07) is 28.7. The molecule has 144 valence electrons. The zero-order chi connectivity index (χ0) is 20.1. The van der Waals surface area contributed by atoms with E-state index in [0.29, 0.717) is 0 Å². The van der Waals surface area contributed by atoms with Crippen LogP contribution in [0.4, 0.5) is 0 Å². The molecule has 3 aromatic rings. The summed E-state index contributed by atoms with van der Waals surface area (Å²) in [5, 5.41) is 0. The van der Waals surface area contributed by atoms with Crippen LogP contribution >= 0.6 is 0 Å². The highest BCUT2D eigenvalue weighted by atomic mass is 16.6. The SMILES string of the molecule is CC.CC.CCc1ccc(C(ON)(c2ccccc2)c2ccccc2)cc1. The maximum absolute atomic E-state index is 5.87. The molecule has 0 bridgehead atoms. The zero-order valence-electron chi connectivity index (χ0n) is 17.3. The molecule has 0 amide bonds. The van der Waals surface area contributed by atoms with Crippen LogP contribution in [0.5, 0.6) is 0 Å². The Kier molecular flexibility index (Phi) is 10.1. The van der Waals surface area contributed by atoms with Crippen molar-refractivity contribution in [1.29, 1.82) is 0 Å². The molecule has 0 spiro atoms. The molecule has 0 aliphatic rings. The van der Waals surface area contributed by atoms with Crippen molar-refractivity contribution in [3.8, 4) is 0 Å². The average molecular weight is 364 g/mol. The topological polar surface area (TPSA) is 35.2 Å². The largest absolute Gasteiger partial charge is 0.283 e. The Bertz CT molecular complexity index is 697. The maximum atomic E-state index is 5.87. The molecule has 0 radical (unpaired) electrons. The van der Waals surface area contributed by atoms with Gasteiger partial charge in [-0.15, -0.1) is 0 Å². The van der Waals surface area contributed by atoms with Crippen molar-refractivity contribution in [3.05, 3.63) is 107 Å². The minimum absolute atomic E-state index is 0.811. The maximum Gasteiger partial charge on any atom is 0.164 e. The number of nitrogens with two attached hydrogens (primary N) is 1. The molecular formula is C25H33NO. The molecule has 0 aromatic heterocycles. The minimum atomic E-state index is -0.811. The quantitative estimate of drug-likeness (QED) is 0.416. The summed E-state index contributed by atoms with van der Waals surface area (Å²) in [6.07, 6.45) is 1.01. The third kappa shape index (κ3) is 5.06. The molecule has 0 unspecified atom stereocenters. The summed E-state index contributed by atoms with van der Waals surface area (Å²) in [5.74, 6) is 5.87. The first kappa shape index (κ1) is 22.6. The van der Waals surface area contributed by atoms with Crippen LogP contribution < -0.4 is 5.90 Å². The Morgan fingerprint density at radius 3 is 1.33 bits per heavy atom. The van der Waals surface area contributed by atoms with Crippen molar-refractivity contribution >= 4 is 0 Å². The van der Waals surface area contributed by atoms with Gasteiger partial charge in [0.25, 0.3) is 0 Å². The summed E-state index contributed by atoms with van der Waals surface area (Å²) < 4.78 is 0. The molecular weight excluding hydrogens is 330 g/mol. The fraction of sp³-hybridized carbons (Fsp3) is 0.280. The van der Waals surface area contributed by atoms with Crippen LogP contribution in [0.15, 0.2) is 84.9 Å². The predicted molar refractivity (Wildman–Crippen MR) is 117 cm³/mol. The lowest BCUT2D eigenvalue weighted by Gasteiger charge is -2.33. The lowest BCUT2D eigenvalue weighted by atomic mass is 9.80. The van der Waals surface area contributed by atoms with Crippen molar-refractivity contribution in [2.45, 2.75) is 46.6 Å². The summed E-state index contributed by atoms with van der Waals surface area (Å²) >= 11 is 0. The van der Waals surface area contributed by atoms with Crippen LogP contribution in [0.2, 0.25) is 0 Å². The number of hydrogen-bond donors (Lipinski definition) is 1. The van der Waals surface area contributed by atoms with Crippen LogP contribution in [0.25, 0.3) is 0 Å². The summed E-state index contributed by atoms with van der Waals surface area (Å²) in [5.41, 5.74) is 3.53. The first-order chi connectivity index (χ1) is 13.3. The highest BCUT2D eigenvalue weighted by Gasteiger charge is 2.37. The van der Waals surface area contributed by atoms with E-state index in [-0.39, 0.29) is 0 Å². The average Bonchev–Trinajstić information content (AvgIpc) is 2.79. The van der Waals surface area contributed by atoms with Crippen LogP contribution in [-0.2, 0) is 16.9 Å². The molecule has 3 rings (SSSR count). The van der Waals surface area contributed by atoms with Crippen molar-refractivity contribution < 1.29 is 4.84 Å². The van der Waals surface area contributed by atoms with Gasteiger partial charge < -0.3 is 0 Å². The smallest absolute Gasteiger partial charge is 0.164 e. The fourth-order valence-corrected chi connectivity index (χ4v) is 3.03.